The van der Waals surface area contributed by atoms with E-state index in [4.69, 9.17) is 0 Å². The van der Waals surface area contributed by atoms with Crippen LogP contribution in [0.2, 0.25) is 0 Å². The third-order valence-corrected chi connectivity index (χ3v) is 5.85. The van der Waals surface area contributed by atoms with Crippen LogP contribution in [0.1, 0.15) is 40.5 Å². The molecule has 6 heteroatoms. The van der Waals surface area contributed by atoms with Crippen molar-refractivity contribution in [1.82, 2.24) is 13.6 Å². The number of aromatic nitrogens is 2. The van der Waals surface area contributed by atoms with Gasteiger partial charge in [-0.05, 0) is 35.6 Å². The molecule has 138 valence electrons. The Morgan fingerprint density at radius 1 is 0.857 bits per heavy atom. The second-order valence-corrected chi connectivity index (χ2v) is 7.47. The van der Waals surface area contributed by atoms with Crippen molar-refractivity contribution in [2.45, 2.75) is 19.8 Å². The molecule has 0 atom stereocenters. The van der Waals surface area contributed by atoms with Crippen LogP contribution in [-0.2, 0) is 0 Å². The molecule has 28 heavy (non-hydrogen) atoms. The number of hydrogen-bond donors (Lipinski definition) is 0. The predicted molar refractivity (Wildman–Crippen MR) is 111 cm³/mol. The van der Waals surface area contributed by atoms with Crippen molar-refractivity contribution < 1.29 is 9.59 Å². The smallest absolute Gasteiger partial charge is 0.261 e. The van der Waals surface area contributed by atoms with Gasteiger partial charge in [0.25, 0.3) is 11.8 Å². The molecule has 0 unspecified atom stereocenters. The number of benzene rings is 3. The first-order chi connectivity index (χ1) is 13.7. The van der Waals surface area contributed by atoms with E-state index in [1.165, 1.54) is 16.6 Å². The molecular formula is C22H17N3O2S. The summed E-state index contributed by atoms with van der Waals surface area (Å²) >= 11 is 1.18. The number of carbonyl (C=O) groups excluding carboxylic acids is 2. The Morgan fingerprint density at radius 3 is 2.39 bits per heavy atom. The first-order valence-electron chi connectivity index (χ1n) is 9.34. The Balaban J connectivity index is 1.77. The molecule has 1 aliphatic rings. The van der Waals surface area contributed by atoms with E-state index < -0.39 is 0 Å². The van der Waals surface area contributed by atoms with Crippen molar-refractivity contribution >= 4 is 45.3 Å². The Morgan fingerprint density at radius 2 is 1.57 bits per heavy atom. The molecule has 5 rings (SSSR count). The van der Waals surface area contributed by atoms with E-state index in [2.05, 4.69) is 8.75 Å². The summed E-state index contributed by atoms with van der Waals surface area (Å²) < 4.78 is 8.77. The van der Waals surface area contributed by atoms with E-state index in [0.29, 0.717) is 17.7 Å². The highest BCUT2D eigenvalue weighted by molar-refractivity contribution is 7.00. The molecule has 5 nitrogen and oxygen atoms in total. The second-order valence-electron chi connectivity index (χ2n) is 6.94. The van der Waals surface area contributed by atoms with Crippen LogP contribution < -0.4 is 0 Å². The van der Waals surface area contributed by atoms with Crippen LogP contribution in [0.4, 0.5) is 0 Å². The number of nitrogens with zero attached hydrogens (tertiary/aromatic N) is 3. The lowest BCUT2D eigenvalue weighted by Crippen LogP contribution is -2.40. The zero-order chi connectivity index (χ0) is 19.3. The summed E-state index contributed by atoms with van der Waals surface area (Å²) in [5.74, 6) is -0.413. The van der Waals surface area contributed by atoms with Gasteiger partial charge in [0.15, 0.2) is 0 Å². The summed E-state index contributed by atoms with van der Waals surface area (Å²) in [7, 11) is 0. The minimum absolute atomic E-state index is 0.206. The third-order valence-electron chi connectivity index (χ3n) is 5.30. The van der Waals surface area contributed by atoms with E-state index in [9.17, 15) is 9.59 Å². The Bertz CT molecular complexity index is 1240. The highest BCUT2D eigenvalue weighted by atomic mass is 32.1. The molecule has 0 fully saturated rings. The van der Waals surface area contributed by atoms with Crippen LogP contribution in [0.5, 0.6) is 0 Å². The summed E-state index contributed by atoms with van der Waals surface area (Å²) in [5.41, 5.74) is 4.79. The number of fused-ring (bicyclic) bond motifs is 1. The molecule has 0 aliphatic carbocycles. The molecule has 1 aromatic heterocycles. The predicted octanol–water partition coefficient (Wildman–Crippen LogP) is 4.91. The first-order valence-corrected chi connectivity index (χ1v) is 10.1. The molecule has 0 N–H and O–H groups in total. The zero-order valence-corrected chi connectivity index (χ0v) is 16.1. The number of amides is 2. The fourth-order valence-corrected chi connectivity index (χ4v) is 4.47. The molecule has 2 amide bonds. The van der Waals surface area contributed by atoms with E-state index >= 15 is 0 Å². The molecule has 0 spiro atoms. The van der Waals surface area contributed by atoms with Crippen molar-refractivity contribution in [2.75, 3.05) is 6.54 Å². The highest BCUT2D eigenvalue weighted by Crippen LogP contribution is 2.38. The van der Waals surface area contributed by atoms with Gasteiger partial charge in [-0.2, -0.15) is 8.75 Å². The summed E-state index contributed by atoms with van der Waals surface area (Å²) in [6, 6.07) is 15.4. The van der Waals surface area contributed by atoms with Gasteiger partial charge in [0.05, 0.1) is 11.7 Å². The zero-order valence-electron chi connectivity index (χ0n) is 15.3. The van der Waals surface area contributed by atoms with Gasteiger partial charge >= 0.3 is 0 Å². The van der Waals surface area contributed by atoms with Gasteiger partial charge in [0, 0.05) is 28.6 Å². The minimum atomic E-state index is -0.206. The van der Waals surface area contributed by atoms with E-state index in [-0.39, 0.29) is 11.8 Å². The van der Waals surface area contributed by atoms with Crippen LogP contribution in [0, 0.1) is 0 Å². The molecule has 2 heterocycles. The highest BCUT2D eigenvalue weighted by Gasteiger charge is 2.33. The van der Waals surface area contributed by atoms with Gasteiger partial charge in [-0.1, -0.05) is 43.7 Å². The van der Waals surface area contributed by atoms with Gasteiger partial charge in [0.1, 0.15) is 11.0 Å². The van der Waals surface area contributed by atoms with Crippen LogP contribution in [0.15, 0.2) is 48.5 Å². The number of rotatable bonds is 4. The molecule has 0 radical (unpaired) electrons. The van der Waals surface area contributed by atoms with Crippen molar-refractivity contribution in [3.8, 4) is 11.1 Å². The Labute approximate surface area is 165 Å². The van der Waals surface area contributed by atoms with E-state index in [0.717, 1.165) is 45.8 Å². The topological polar surface area (TPSA) is 63.2 Å². The third kappa shape index (κ3) is 2.38. The second kappa shape index (κ2) is 6.49. The molecular weight excluding hydrogens is 370 g/mol. The van der Waals surface area contributed by atoms with Gasteiger partial charge in [-0.15, -0.1) is 0 Å². The average Bonchev–Trinajstić information content (AvgIpc) is 3.20. The van der Waals surface area contributed by atoms with Gasteiger partial charge in [0.2, 0.25) is 0 Å². The average molecular weight is 387 g/mol. The Kier molecular flexibility index (Phi) is 3.94. The van der Waals surface area contributed by atoms with Gasteiger partial charge in [-0.25, -0.2) is 0 Å². The van der Waals surface area contributed by atoms with Crippen molar-refractivity contribution in [2.24, 2.45) is 0 Å². The molecule has 0 saturated heterocycles. The molecule has 0 bridgehead atoms. The van der Waals surface area contributed by atoms with Crippen molar-refractivity contribution in [3.05, 3.63) is 59.7 Å². The molecule has 3 aromatic carbocycles. The van der Waals surface area contributed by atoms with Crippen LogP contribution in [0.3, 0.4) is 0 Å². The Hall–Kier alpha value is -3.12. The SMILES string of the molecule is CCCCN1C(=O)c2cccc3c(-c4cccc5nsnc45)ccc(c23)C1=O. The van der Waals surface area contributed by atoms with Crippen LogP contribution in [-0.4, -0.2) is 32.0 Å². The number of hydrogen-bond acceptors (Lipinski definition) is 5. The quantitative estimate of drug-likeness (QED) is 0.467. The number of unbranched alkanes of at least 4 members (excludes halogenated alkanes) is 1. The normalized spacial score (nSPS) is 13.7. The first kappa shape index (κ1) is 17.0. The van der Waals surface area contributed by atoms with Crippen LogP contribution >= 0.6 is 11.7 Å². The lowest BCUT2D eigenvalue weighted by atomic mass is 9.88. The summed E-state index contributed by atoms with van der Waals surface area (Å²) in [4.78, 5) is 27.4. The summed E-state index contributed by atoms with van der Waals surface area (Å²) in [6.07, 6.45) is 1.73. The molecule has 4 aromatic rings. The standard InChI is InChI=1S/C22H17N3O2S/c1-2-3-12-25-21(26)16-8-4-6-14-13(10-11-17(19(14)16)22(25)27)15-7-5-9-18-20(15)24-28-23-18/h4-11H,2-3,12H2,1H3. The van der Waals surface area contributed by atoms with Crippen molar-refractivity contribution in [1.29, 1.82) is 0 Å². The largest absolute Gasteiger partial charge is 0.274 e. The van der Waals surface area contributed by atoms with Crippen molar-refractivity contribution in [3.63, 3.8) is 0 Å². The van der Waals surface area contributed by atoms with E-state index in [1.807, 2.05) is 55.5 Å². The molecule has 0 saturated carbocycles. The number of imide groups is 1. The van der Waals surface area contributed by atoms with Gasteiger partial charge < -0.3 is 0 Å². The maximum atomic E-state index is 13.0. The number of carbonyl (C=O) groups is 2. The maximum absolute atomic E-state index is 13.0. The van der Waals surface area contributed by atoms with Crippen LogP contribution in [0.25, 0.3) is 32.9 Å². The monoisotopic (exact) mass is 387 g/mol. The summed E-state index contributed by atoms with van der Waals surface area (Å²) in [6.45, 7) is 2.50. The minimum Gasteiger partial charge on any atom is -0.274 e. The maximum Gasteiger partial charge on any atom is 0.261 e. The fraction of sp³-hybridized carbons (Fsp3) is 0.182. The lowest BCUT2D eigenvalue weighted by molar-refractivity contribution is 0.0608. The fourth-order valence-electron chi connectivity index (χ4n) is 3.92. The summed E-state index contributed by atoms with van der Waals surface area (Å²) in [5, 5.41) is 1.63. The molecule has 1 aliphatic heterocycles. The van der Waals surface area contributed by atoms with Gasteiger partial charge in [-0.3, -0.25) is 14.5 Å². The lowest BCUT2D eigenvalue weighted by Gasteiger charge is -2.27. The van der Waals surface area contributed by atoms with E-state index in [1.54, 1.807) is 0 Å².